The second-order valence-corrected chi connectivity index (χ2v) is 5.09. The van der Waals surface area contributed by atoms with Crippen molar-refractivity contribution in [2.75, 3.05) is 0 Å². The van der Waals surface area contributed by atoms with Gasteiger partial charge in [0.15, 0.2) is 0 Å². The average Bonchev–Trinajstić information content (AvgIpc) is 2.77. The lowest BCUT2D eigenvalue weighted by atomic mass is 10.1. The lowest BCUT2D eigenvalue weighted by Crippen LogP contribution is -1.92. The first kappa shape index (κ1) is 13.4. The molecule has 0 aliphatic heterocycles. The Morgan fingerprint density at radius 1 is 1.28 bits per heavy atom. The fraction of sp³-hybridized carbons (Fsp3) is 0.308. The zero-order valence-corrected chi connectivity index (χ0v) is 11.6. The summed E-state index contributed by atoms with van der Waals surface area (Å²) in [6, 6.07) is 5.17. The van der Waals surface area contributed by atoms with Crippen LogP contribution in [0.15, 0.2) is 22.6 Å². The number of aliphatic hydroxyl groups excluding tert-OH is 1. The third kappa shape index (κ3) is 2.53. The van der Waals surface area contributed by atoms with E-state index in [1.807, 2.05) is 13.8 Å². The Bertz CT molecular complexity index is 564. The second-order valence-electron chi connectivity index (χ2n) is 4.27. The first-order valence-corrected chi connectivity index (χ1v) is 6.34. The molecule has 2 rings (SSSR count). The molecule has 0 bridgehead atoms. The van der Waals surface area contributed by atoms with Crippen LogP contribution in [0.25, 0.3) is 11.5 Å². The highest BCUT2D eigenvalue weighted by atomic mass is 35.5. The number of aromatic nitrogens is 1. The van der Waals surface area contributed by atoms with Crippen molar-refractivity contribution >= 4 is 23.2 Å². The van der Waals surface area contributed by atoms with Gasteiger partial charge in [-0.05, 0) is 18.2 Å². The second kappa shape index (κ2) is 5.31. The minimum atomic E-state index is -0.141. The number of nitrogens with zero attached hydrogens (tertiary/aromatic N) is 1. The maximum atomic E-state index is 9.26. The van der Waals surface area contributed by atoms with Gasteiger partial charge in [-0.25, -0.2) is 4.98 Å². The molecule has 1 N–H and O–H groups in total. The number of benzene rings is 1. The predicted molar refractivity (Wildman–Crippen MR) is 72.0 cm³/mol. The van der Waals surface area contributed by atoms with Gasteiger partial charge in [0, 0.05) is 11.5 Å². The van der Waals surface area contributed by atoms with E-state index in [1.54, 1.807) is 18.2 Å². The molecule has 3 nitrogen and oxygen atoms in total. The van der Waals surface area contributed by atoms with Crippen molar-refractivity contribution < 1.29 is 9.52 Å². The number of oxazole rings is 1. The van der Waals surface area contributed by atoms with E-state index >= 15 is 0 Å². The van der Waals surface area contributed by atoms with Gasteiger partial charge in [0.25, 0.3) is 0 Å². The predicted octanol–water partition coefficient (Wildman–Crippen LogP) is 4.26. The summed E-state index contributed by atoms with van der Waals surface area (Å²) in [6.45, 7) is 3.83. The third-order valence-electron chi connectivity index (χ3n) is 2.57. The number of rotatable bonds is 3. The fourth-order valence-corrected chi connectivity index (χ4v) is 1.98. The van der Waals surface area contributed by atoms with Gasteiger partial charge in [-0.15, -0.1) is 0 Å². The van der Waals surface area contributed by atoms with Crippen LogP contribution in [0.1, 0.15) is 31.2 Å². The summed E-state index contributed by atoms with van der Waals surface area (Å²) in [6.07, 6.45) is 0. The minimum Gasteiger partial charge on any atom is -0.441 e. The van der Waals surface area contributed by atoms with Crippen molar-refractivity contribution in [1.29, 1.82) is 0 Å². The van der Waals surface area contributed by atoms with Crippen molar-refractivity contribution in [3.63, 3.8) is 0 Å². The standard InChI is InChI=1S/C13H13Cl2NO2/c1-7(2)12-11(6-17)16-13(18-12)8-3-4-9(14)10(15)5-8/h3-5,7,17H,6H2,1-2H3. The third-order valence-corrected chi connectivity index (χ3v) is 3.31. The molecular formula is C13H13Cl2NO2. The summed E-state index contributed by atoms with van der Waals surface area (Å²) in [5.41, 5.74) is 1.30. The van der Waals surface area contributed by atoms with Gasteiger partial charge in [0.05, 0.1) is 16.7 Å². The number of aliphatic hydroxyl groups is 1. The smallest absolute Gasteiger partial charge is 0.226 e. The SMILES string of the molecule is CC(C)c1oc(-c2ccc(Cl)c(Cl)c2)nc1CO. The molecule has 96 valence electrons. The maximum Gasteiger partial charge on any atom is 0.226 e. The minimum absolute atomic E-state index is 0.141. The van der Waals surface area contributed by atoms with Crippen molar-refractivity contribution in [2.45, 2.75) is 26.4 Å². The first-order valence-electron chi connectivity index (χ1n) is 5.58. The van der Waals surface area contributed by atoms with E-state index in [-0.39, 0.29) is 12.5 Å². The molecule has 0 saturated heterocycles. The van der Waals surface area contributed by atoms with Crippen molar-refractivity contribution in [3.05, 3.63) is 39.7 Å². The van der Waals surface area contributed by atoms with Gasteiger partial charge in [-0.1, -0.05) is 37.0 Å². The van der Waals surface area contributed by atoms with Crippen LogP contribution in [-0.4, -0.2) is 10.1 Å². The molecular weight excluding hydrogens is 273 g/mol. The van der Waals surface area contributed by atoms with Gasteiger partial charge in [0.1, 0.15) is 11.5 Å². The molecule has 0 radical (unpaired) electrons. The Morgan fingerprint density at radius 2 is 2.00 bits per heavy atom. The van der Waals surface area contributed by atoms with Crippen molar-refractivity contribution in [3.8, 4) is 11.5 Å². The maximum absolute atomic E-state index is 9.26. The fourth-order valence-electron chi connectivity index (χ4n) is 1.68. The summed E-state index contributed by atoms with van der Waals surface area (Å²) in [7, 11) is 0. The number of hydrogen-bond acceptors (Lipinski definition) is 3. The highest BCUT2D eigenvalue weighted by Crippen LogP contribution is 2.31. The van der Waals surface area contributed by atoms with E-state index in [1.165, 1.54) is 0 Å². The molecule has 0 unspecified atom stereocenters. The Hall–Kier alpha value is -1.03. The number of halogens is 2. The molecule has 0 fully saturated rings. The van der Waals surface area contributed by atoms with Gasteiger partial charge in [-0.3, -0.25) is 0 Å². The average molecular weight is 286 g/mol. The van der Waals surface area contributed by atoms with E-state index in [9.17, 15) is 5.11 Å². The lowest BCUT2D eigenvalue weighted by Gasteiger charge is -2.01. The Labute approximate surface area is 115 Å². The molecule has 18 heavy (non-hydrogen) atoms. The molecule has 5 heteroatoms. The molecule has 0 atom stereocenters. The van der Waals surface area contributed by atoms with E-state index in [4.69, 9.17) is 27.6 Å². The zero-order chi connectivity index (χ0) is 13.3. The van der Waals surface area contributed by atoms with Gasteiger partial charge >= 0.3 is 0 Å². The van der Waals surface area contributed by atoms with Crippen molar-refractivity contribution in [1.82, 2.24) is 4.98 Å². The quantitative estimate of drug-likeness (QED) is 0.916. The Morgan fingerprint density at radius 3 is 2.50 bits per heavy atom. The van der Waals surface area contributed by atoms with Crippen molar-refractivity contribution in [2.24, 2.45) is 0 Å². The van der Waals surface area contributed by atoms with Crippen LogP contribution in [0.4, 0.5) is 0 Å². The molecule has 2 aromatic rings. The van der Waals surface area contributed by atoms with Gasteiger partial charge < -0.3 is 9.52 Å². The first-order chi connectivity index (χ1) is 8.52. The van der Waals surface area contributed by atoms with E-state index < -0.39 is 0 Å². The molecule has 1 aromatic carbocycles. The molecule has 1 aromatic heterocycles. The van der Waals surface area contributed by atoms with Crippen LogP contribution in [0.3, 0.4) is 0 Å². The highest BCUT2D eigenvalue weighted by Gasteiger charge is 2.17. The van der Waals surface area contributed by atoms with Crippen LogP contribution in [-0.2, 0) is 6.61 Å². The van der Waals surface area contributed by atoms with Gasteiger partial charge in [0.2, 0.25) is 5.89 Å². The molecule has 0 spiro atoms. The molecule has 0 saturated carbocycles. The lowest BCUT2D eigenvalue weighted by molar-refractivity contribution is 0.273. The topological polar surface area (TPSA) is 46.3 Å². The Balaban J connectivity index is 2.47. The molecule has 0 aliphatic carbocycles. The summed E-state index contributed by atoms with van der Waals surface area (Å²) in [5, 5.41) is 10.2. The Kier molecular flexibility index (Phi) is 3.95. The van der Waals surface area contributed by atoms with Crippen LogP contribution in [0.2, 0.25) is 10.0 Å². The summed E-state index contributed by atoms with van der Waals surface area (Å²) in [5.74, 6) is 1.30. The normalized spacial score (nSPS) is 11.2. The zero-order valence-electron chi connectivity index (χ0n) is 10.1. The molecule has 1 heterocycles. The van der Waals surface area contributed by atoms with E-state index in [2.05, 4.69) is 4.98 Å². The van der Waals surface area contributed by atoms with E-state index in [0.717, 1.165) is 5.56 Å². The monoisotopic (exact) mass is 285 g/mol. The molecule has 0 aliphatic rings. The van der Waals surface area contributed by atoms with Crippen LogP contribution < -0.4 is 0 Å². The van der Waals surface area contributed by atoms with Crippen LogP contribution >= 0.6 is 23.2 Å². The summed E-state index contributed by atoms with van der Waals surface area (Å²) < 4.78 is 5.68. The van der Waals surface area contributed by atoms with Gasteiger partial charge in [-0.2, -0.15) is 0 Å². The molecule has 0 amide bonds. The van der Waals surface area contributed by atoms with Crippen LogP contribution in [0.5, 0.6) is 0 Å². The number of hydrogen-bond donors (Lipinski definition) is 1. The summed E-state index contributed by atoms with van der Waals surface area (Å²) >= 11 is 11.8. The summed E-state index contributed by atoms with van der Waals surface area (Å²) in [4.78, 5) is 4.27. The van der Waals surface area contributed by atoms with E-state index in [0.29, 0.717) is 27.4 Å². The van der Waals surface area contributed by atoms with Crippen LogP contribution in [0, 0.1) is 0 Å². The highest BCUT2D eigenvalue weighted by molar-refractivity contribution is 6.42. The largest absolute Gasteiger partial charge is 0.441 e.